The number of unbranched alkanes of at least 4 members (excludes halogenated alkanes) is 4. The number of hydrogen-bond acceptors (Lipinski definition) is 2. The van der Waals surface area contributed by atoms with Gasteiger partial charge < -0.3 is 10.0 Å². The fourth-order valence-corrected chi connectivity index (χ4v) is 3.91. The van der Waals surface area contributed by atoms with E-state index in [1.165, 1.54) is 38.2 Å². The maximum Gasteiger partial charge on any atom is 0.141 e. The first-order chi connectivity index (χ1) is 12.5. The normalized spacial score (nSPS) is 18.8. The second-order valence-electron chi connectivity index (χ2n) is 7.01. The van der Waals surface area contributed by atoms with Crippen molar-refractivity contribution in [2.75, 3.05) is 6.54 Å². The van der Waals surface area contributed by atoms with Gasteiger partial charge in [0.2, 0.25) is 0 Å². The van der Waals surface area contributed by atoms with Gasteiger partial charge in [0.15, 0.2) is 0 Å². The van der Waals surface area contributed by atoms with E-state index in [2.05, 4.69) is 17.9 Å². The molecule has 0 saturated carbocycles. The lowest BCUT2D eigenvalue weighted by atomic mass is 10.1. The molecule has 2 rings (SSSR count). The molecule has 0 bridgehead atoms. The molecule has 26 heavy (non-hydrogen) atoms. The number of hydrogen-bond donors (Lipinski definition) is 1. The Balaban J connectivity index is 1.84. The number of halogens is 2. The molecule has 2 atom stereocenters. The van der Waals surface area contributed by atoms with Gasteiger partial charge in [-0.2, -0.15) is 0 Å². The summed E-state index contributed by atoms with van der Waals surface area (Å²) < 4.78 is 13.2. The van der Waals surface area contributed by atoms with Crippen molar-refractivity contribution >= 4 is 28.8 Å². The summed E-state index contributed by atoms with van der Waals surface area (Å²) in [6.45, 7) is 3.23. The second kappa shape index (κ2) is 11.0. The van der Waals surface area contributed by atoms with Crippen LogP contribution in [0.1, 0.15) is 57.4 Å². The van der Waals surface area contributed by atoms with Crippen molar-refractivity contribution in [3.63, 3.8) is 0 Å². The molecule has 0 amide bonds. The standard InChI is InChI=1S/C21H29ClFNOS/c1-2-3-4-5-6-13-24-17(9-12-21(24)26)8-10-18(25)14-16-7-11-20(23)19(22)15-16/h7-8,10-11,15,17-18,25H,2-6,9,12-14H2,1H3/b10-8+/t17-,18+/m0/s1. The summed E-state index contributed by atoms with van der Waals surface area (Å²) in [6, 6.07) is 4.84. The highest BCUT2D eigenvalue weighted by Crippen LogP contribution is 2.23. The van der Waals surface area contributed by atoms with E-state index in [0.717, 1.165) is 29.9 Å². The van der Waals surface area contributed by atoms with Gasteiger partial charge in [0, 0.05) is 25.4 Å². The van der Waals surface area contributed by atoms with Crippen molar-refractivity contribution < 1.29 is 9.50 Å². The lowest BCUT2D eigenvalue weighted by Crippen LogP contribution is -2.32. The molecule has 0 radical (unpaired) electrons. The molecule has 1 aliphatic rings. The Labute approximate surface area is 167 Å². The summed E-state index contributed by atoms with van der Waals surface area (Å²) in [7, 11) is 0. The lowest BCUT2D eigenvalue weighted by molar-refractivity contribution is 0.222. The third kappa shape index (κ3) is 6.64. The minimum atomic E-state index is -0.614. The van der Waals surface area contributed by atoms with E-state index in [0.29, 0.717) is 6.42 Å². The predicted octanol–water partition coefficient (Wildman–Crippen LogP) is 5.70. The second-order valence-corrected chi connectivity index (χ2v) is 7.89. The van der Waals surface area contributed by atoms with Gasteiger partial charge in [-0.1, -0.05) is 74.6 Å². The van der Waals surface area contributed by atoms with Gasteiger partial charge >= 0.3 is 0 Å². The third-order valence-electron chi connectivity index (χ3n) is 4.86. The maximum atomic E-state index is 13.2. The van der Waals surface area contributed by atoms with Gasteiger partial charge in [0.25, 0.3) is 0 Å². The van der Waals surface area contributed by atoms with E-state index in [1.54, 1.807) is 12.1 Å². The number of rotatable bonds is 10. The first kappa shape index (κ1) is 21.3. The number of aliphatic hydroxyl groups is 1. The van der Waals surface area contributed by atoms with E-state index in [1.807, 2.05) is 6.08 Å². The molecule has 0 aliphatic carbocycles. The van der Waals surface area contributed by atoms with Crippen molar-refractivity contribution in [1.29, 1.82) is 0 Å². The smallest absolute Gasteiger partial charge is 0.141 e. The van der Waals surface area contributed by atoms with Gasteiger partial charge in [0.05, 0.1) is 16.1 Å². The molecular formula is C21H29ClFNOS. The van der Waals surface area contributed by atoms with Crippen LogP contribution in [-0.2, 0) is 6.42 Å². The quantitative estimate of drug-likeness (QED) is 0.311. The number of benzene rings is 1. The molecule has 0 unspecified atom stereocenters. The Kier molecular flexibility index (Phi) is 9.03. The number of likely N-dealkylation sites (tertiary alicyclic amines) is 1. The zero-order chi connectivity index (χ0) is 18.9. The monoisotopic (exact) mass is 397 g/mol. The van der Waals surface area contributed by atoms with Gasteiger partial charge in [-0.05, 0) is 30.5 Å². The van der Waals surface area contributed by atoms with Crippen LogP contribution in [0.2, 0.25) is 5.02 Å². The van der Waals surface area contributed by atoms with Gasteiger partial charge in [-0.3, -0.25) is 0 Å². The van der Waals surface area contributed by atoms with Gasteiger partial charge in [0.1, 0.15) is 5.82 Å². The van der Waals surface area contributed by atoms with Crippen LogP contribution in [0.15, 0.2) is 30.4 Å². The highest BCUT2D eigenvalue weighted by molar-refractivity contribution is 7.80. The van der Waals surface area contributed by atoms with Gasteiger partial charge in [-0.25, -0.2) is 4.39 Å². The lowest BCUT2D eigenvalue weighted by Gasteiger charge is -2.24. The molecule has 1 aromatic carbocycles. The van der Waals surface area contributed by atoms with E-state index in [-0.39, 0.29) is 11.1 Å². The minimum Gasteiger partial charge on any atom is -0.389 e. The Morgan fingerprint density at radius 3 is 2.85 bits per heavy atom. The maximum absolute atomic E-state index is 13.2. The average Bonchev–Trinajstić information content (AvgIpc) is 2.96. The molecule has 144 valence electrons. The van der Waals surface area contributed by atoms with E-state index < -0.39 is 11.9 Å². The van der Waals surface area contributed by atoms with Crippen LogP contribution in [-0.4, -0.2) is 33.7 Å². The van der Waals surface area contributed by atoms with Crippen LogP contribution in [0.4, 0.5) is 4.39 Å². The Morgan fingerprint density at radius 1 is 1.35 bits per heavy atom. The van der Waals surface area contributed by atoms with Crippen molar-refractivity contribution in [2.24, 2.45) is 0 Å². The Bertz CT molecular complexity index is 622. The first-order valence-corrected chi connectivity index (χ1v) is 10.4. The van der Waals surface area contributed by atoms with Gasteiger partial charge in [-0.15, -0.1) is 0 Å². The Morgan fingerprint density at radius 2 is 2.12 bits per heavy atom. The molecule has 1 fully saturated rings. The van der Waals surface area contributed by atoms with Crippen molar-refractivity contribution in [2.45, 2.75) is 70.4 Å². The zero-order valence-electron chi connectivity index (χ0n) is 15.5. The summed E-state index contributed by atoms with van der Waals surface area (Å²) in [6.07, 6.45) is 11.9. The van der Waals surface area contributed by atoms with E-state index in [4.69, 9.17) is 23.8 Å². The fourth-order valence-electron chi connectivity index (χ4n) is 3.36. The molecule has 1 N–H and O–H groups in total. The molecule has 5 heteroatoms. The van der Waals surface area contributed by atoms with Crippen molar-refractivity contribution in [3.8, 4) is 0 Å². The number of aliphatic hydroxyl groups excluding tert-OH is 1. The first-order valence-electron chi connectivity index (χ1n) is 9.61. The summed E-state index contributed by atoms with van der Waals surface area (Å²) in [5.41, 5.74) is 0.822. The molecule has 0 spiro atoms. The van der Waals surface area contributed by atoms with E-state index in [9.17, 15) is 9.50 Å². The van der Waals surface area contributed by atoms with Crippen LogP contribution >= 0.6 is 23.8 Å². The highest BCUT2D eigenvalue weighted by atomic mass is 35.5. The van der Waals surface area contributed by atoms with Crippen LogP contribution < -0.4 is 0 Å². The van der Waals surface area contributed by atoms with Crippen molar-refractivity contribution in [3.05, 3.63) is 46.8 Å². The van der Waals surface area contributed by atoms with Crippen LogP contribution in [0, 0.1) is 5.82 Å². The number of thiocarbonyl (C=S) groups is 1. The molecular weight excluding hydrogens is 369 g/mol. The SMILES string of the molecule is CCCCCCCN1C(=S)CC[C@@H]1/C=C/[C@@H](O)Cc1ccc(F)c(Cl)c1. The van der Waals surface area contributed by atoms with Crippen LogP contribution in [0.5, 0.6) is 0 Å². The molecule has 1 saturated heterocycles. The third-order valence-corrected chi connectivity index (χ3v) is 5.59. The highest BCUT2D eigenvalue weighted by Gasteiger charge is 2.25. The van der Waals surface area contributed by atoms with E-state index >= 15 is 0 Å². The minimum absolute atomic E-state index is 0.0917. The fraction of sp³-hybridized carbons (Fsp3) is 0.571. The molecule has 1 aliphatic heterocycles. The van der Waals surface area contributed by atoms with Crippen LogP contribution in [0.25, 0.3) is 0 Å². The van der Waals surface area contributed by atoms with Crippen molar-refractivity contribution in [1.82, 2.24) is 4.90 Å². The summed E-state index contributed by atoms with van der Waals surface area (Å²) in [5.74, 6) is -0.436. The molecule has 2 nitrogen and oxygen atoms in total. The average molecular weight is 398 g/mol. The molecule has 1 aromatic rings. The molecule has 0 aromatic heterocycles. The molecule has 1 heterocycles. The summed E-state index contributed by atoms with van der Waals surface area (Å²) in [4.78, 5) is 3.34. The predicted molar refractivity (Wildman–Crippen MR) is 111 cm³/mol. The van der Waals surface area contributed by atoms with Crippen LogP contribution in [0.3, 0.4) is 0 Å². The zero-order valence-corrected chi connectivity index (χ0v) is 17.0. The summed E-state index contributed by atoms with van der Waals surface area (Å²) in [5, 5.41) is 10.4. The summed E-state index contributed by atoms with van der Waals surface area (Å²) >= 11 is 11.3. The largest absolute Gasteiger partial charge is 0.389 e. The number of nitrogens with zero attached hydrogens (tertiary/aromatic N) is 1. The Hall–Kier alpha value is -0.970. The topological polar surface area (TPSA) is 23.5 Å².